The van der Waals surface area contributed by atoms with Crippen molar-refractivity contribution >= 4 is 28.3 Å². The quantitative estimate of drug-likeness (QED) is 0.532. The van der Waals surface area contributed by atoms with Crippen molar-refractivity contribution in [2.45, 2.75) is 0 Å². The van der Waals surface area contributed by atoms with Gasteiger partial charge < -0.3 is 0 Å². The molecule has 1 aromatic heterocycles. The third kappa shape index (κ3) is 2.48. The van der Waals surface area contributed by atoms with Crippen LogP contribution in [0.25, 0.3) is 11.0 Å². The Bertz CT molecular complexity index is 932. The summed E-state index contributed by atoms with van der Waals surface area (Å²) in [6.07, 6.45) is 0. The maximum Gasteiger partial charge on any atom is 0.280 e. The SMILES string of the molecule is O=C(c1cc([N+](=O)[O-])cc([N+](=O)[O-])c1)n1nnc2ccccc21. The Morgan fingerprint density at radius 2 is 1.61 bits per heavy atom. The number of nitro benzene ring substituents is 2. The summed E-state index contributed by atoms with van der Waals surface area (Å²) in [5.41, 5.74) is -0.465. The van der Waals surface area contributed by atoms with Gasteiger partial charge in [-0.2, -0.15) is 4.68 Å². The van der Waals surface area contributed by atoms with E-state index < -0.39 is 27.1 Å². The van der Waals surface area contributed by atoms with Crippen LogP contribution in [0.2, 0.25) is 0 Å². The monoisotopic (exact) mass is 313 g/mol. The second-order valence-corrected chi connectivity index (χ2v) is 4.55. The average Bonchev–Trinajstić information content (AvgIpc) is 2.97. The first kappa shape index (κ1) is 14.3. The van der Waals surface area contributed by atoms with Crippen LogP contribution in [0.1, 0.15) is 10.4 Å². The first-order valence-electron chi connectivity index (χ1n) is 6.26. The Labute approximate surface area is 127 Å². The van der Waals surface area contributed by atoms with Crippen LogP contribution in [0, 0.1) is 20.2 Å². The fourth-order valence-corrected chi connectivity index (χ4v) is 2.07. The fourth-order valence-electron chi connectivity index (χ4n) is 2.07. The van der Waals surface area contributed by atoms with Gasteiger partial charge in [0.05, 0.1) is 27.0 Å². The van der Waals surface area contributed by atoms with Gasteiger partial charge in [0.25, 0.3) is 17.3 Å². The molecule has 10 heteroatoms. The van der Waals surface area contributed by atoms with Gasteiger partial charge in [-0.15, -0.1) is 5.10 Å². The number of benzene rings is 2. The Morgan fingerprint density at radius 3 is 2.22 bits per heavy atom. The summed E-state index contributed by atoms with van der Waals surface area (Å²) in [7, 11) is 0. The van der Waals surface area contributed by atoms with Gasteiger partial charge in [0.1, 0.15) is 5.52 Å². The summed E-state index contributed by atoms with van der Waals surface area (Å²) in [6.45, 7) is 0. The predicted octanol–water partition coefficient (Wildman–Crippen LogP) is 1.94. The van der Waals surface area contributed by atoms with Crippen molar-refractivity contribution < 1.29 is 14.6 Å². The summed E-state index contributed by atoms with van der Waals surface area (Å²) in [6, 6.07) is 9.34. The normalized spacial score (nSPS) is 10.6. The molecule has 0 aliphatic carbocycles. The van der Waals surface area contributed by atoms with Crippen LogP contribution >= 0.6 is 0 Å². The predicted molar refractivity (Wildman–Crippen MR) is 77.0 cm³/mol. The lowest BCUT2D eigenvalue weighted by Gasteiger charge is -2.02. The smallest absolute Gasteiger partial charge is 0.267 e. The minimum Gasteiger partial charge on any atom is -0.267 e. The number of nitrogens with zero attached hydrogens (tertiary/aromatic N) is 5. The lowest BCUT2D eigenvalue weighted by atomic mass is 10.1. The fraction of sp³-hybridized carbons (Fsp3) is 0. The van der Waals surface area contributed by atoms with Gasteiger partial charge in [0.2, 0.25) is 0 Å². The molecule has 0 aliphatic heterocycles. The highest BCUT2D eigenvalue weighted by Crippen LogP contribution is 2.24. The van der Waals surface area contributed by atoms with Crippen LogP contribution in [0.5, 0.6) is 0 Å². The Hall–Kier alpha value is -3.69. The summed E-state index contributed by atoms with van der Waals surface area (Å²) < 4.78 is 0.943. The molecule has 0 atom stereocenters. The molecule has 1 heterocycles. The number of non-ortho nitro benzene ring substituents is 2. The van der Waals surface area contributed by atoms with Crippen molar-refractivity contribution in [1.82, 2.24) is 15.0 Å². The summed E-state index contributed by atoms with van der Waals surface area (Å²) in [5, 5.41) is 29.3. The number of nitro groups is 2. The zero-order valence-corrected chi connectivity index (χ0v) is 11.3. The zero-order chi connectivity index (χ0) is 16.6. The summed E-state index contributed by atoms with van der Waals surface area (Å²) in [5.74, 6) is -0.745. The Morgan fingerprint density at radius 1 is 1.00 bits per heavy atom. The molecule has 0 aliphatic rings. The van der Waals surface area contributed by atoms with Crippen molar-refractivity contribution in [3.63, 3.8) is 0 Å². The van der Waals surface area contributed by atoms with Gasteiger partial charge in [0, 0.05) is 12.1 Å². The van der Waals surface area contributed by atoms with E-state index in [1.54, 1.807) is 24.3 Å². The van der Waals surface area contributed by atoms with Gasteiger partial charge in [-0.1, -0.05) is 17.3 Å². The van der Waals surface area contributed by atoms with Gasteiger partial charge >= 0.3 is 0 Å². The average molecular weight is 313 g/mol. The third-order valence-corrected chi connectivity index (χ3v) is 3.12. The van der Waals surface area contributed by atoms with Crippen LogP contribution < -0.4 is 0 Å². The molecule has 0 N–H and O–H groups in total. The largest absolute Gasteiger partial charge is 0.280 e. The number of aromatic nitrogens is 3. The number of rotatable bonds is 3. The van der Waals surface area contributed by atoms with E-state index in [4.69, 9.17) is 0 Å². The van der Waals surface area contributed by atoms with E-state index in [0.29, 0.717) is 11.0 Å². The Balaban J connectivity index is 2.15. The lowest BCUT2D eigenvalue weighted by molar-refractivity contribution is -0.394. The third-order valence-electron chi connectivity index (χ3n) is 3.12. The number of hydrogen-bond donors (Lipinski definition) is 0. The maximum absolute atomic E-state index is 12.5. The topological polar surface area (TPSA) is 134 Å². The minimum atomic E-state index is -0.802. The van der Waals surface area contributed by atoms with Gasteiger partial charge in [0.15, 0.2) is 0 Å². The van der Waals surface area contributed by atoms with E-state index in [2.05, 4.69) is 10.3 Å². The van der Waals surface area contributed by atoms with E-state index in [9.17, 15) is 25.0 Å². The molecule has 114 valence electrons. The van der Waals surface area contributed by atoms with Crippen molar-refractivity contribution in [3.05, 3.63) is 68.3 Å². The molecule has 0 saturated carbocycles. The second kappa shape index (κ2) is 5.26. The lowest BCUT2D eigenvalue weighted by Crippen LogP contribution is -2.14. The second-order valence-electron chi connectivity index (χ2n) is 4.55. The highest BCUT2D eigenvalue weighted by atomic mass is 16.6. The number of hydrogen-bond acceptors (Lipinski definition) is 7. The van der Waals surface area contributed by atoms with Crippen LogP contribution in [0.15, 0.2) is 42.5 Å². The molecule has 0 unspecified atom stereocenters. The number of carbonyl (C=O) groups is 1. The standard InChI is InChI=1S/C13H7N5O5/c19-13(16-12-4-2-1-3-11(12)14-15-16)8-5-9(17(20)21)7-10(6-8)18(22)23/h1-7H. The number of para-hydroxylation sites is 1. The molecule has 23 heavy (non-hydrogen) atoms. The zero-order valence-electron chi connectivity index (χ0n) is 11.3. The van der Waals surface area contributed by atoms with E-state index in [-0.39, 0.29) is 5.56 Å². The first-order chi connectivity index (χ1) is 11.0. The van der Waals surface area contributed by atoms with Crippen LogP contribution in [0.4, 0.5) is 11.4 Å². The Kier molecular flexibility index (Phi) is 3.26. The van der Waals surface area contributed by atoms with E-state index in [1.807, 2.05) is 0 Å². The molecule has 0 fully saturated rings. The first-order valence-corrected chi connectivity index (χ1v) is 6.26. The van der Waals surface area contributed by atoms with Gasteiger partial charge in [-0.3, -0.25) is 25.0 Å². The molecule has 0 bridgehead atoms. The van der Waals surface area contributed by atoms with Crippen molar-refractivity contribution in [1.29, 1.82) is 0 Å². The minimum absolute atomic E-state index is 0.221. The molecule has 0 saturated heterocycles. The van der Waals surface area contributed by atoms with Gasteiger partial charge in [-0.05, 0) is 12.1 Å². The highest BCUT2D eigenvalue weighted by Gasteiger charge is 2.22. The highest BCUT2D eigenvalue weighted by molar-refractivity contribution is 6.01. The molecule has 0 spiro atoms. The summed E-state index contributed by atoms with van der Waals surface area (Å²) in [4.78, 5) is 32.7. The van der Waals surface area contributed by atoms with Crippen LogP contribution in [-0.2, 0) is 0 Å². The van der Waals surface area contributed by atoms with Crippen LogP contribution in [-0.4, -0.2) is 30.7 Å². The van der Waals surface area contributed by atoms with E-state index >= 15 is 0 Å². The molecular weight excluding hydrogens is 306 g/mol. The molecule has 10 nitrogen and oxygen atoms in total. The van der Waals surface area contributed by atoms with Crippen molar-refractivity contribution in [3.8, 4) is 0 Å². The summed E-state index contributed by atoms with van der Waals surface area (Å²) >= 11 is 0. The molecule has 0 radical (unpaired) electrons. The number of fused-ring (bicyclic) bond motifs is 1. The molecule has 3 rings (SSSR count). The number of carbonyl (C=O) groups excluding carboxylic acids is 1. The maximum atomic E-state index is 12.5. The van der Waals surface area contributed by atoms with E-state index in [0.717, 1.165) is 22.9 Å². The molecule has 0 amide bonds. The van der Waals surface area contributed by atoms with Crippen LogP contribution in [0.3, 0.4) is 0 Å². The molecular formula is C13H7N5O5. The van der Waals surface area contributed by atoms with Crippen molar-refractivity contribution in [2.24, 2.45) is 0 Å². The van der Waals surface area contributed by atoms with E-state index in [1.165, 1.54) is 0 Å². The van der Waals surface area contributed by atoms with Crippen molar-refractivity contribution in [2.75, 3.05) is 0 Å². The molecule has 2 aromatic carbocycles. The molecule has 3 aromatic rings. The van der Waals surface area contributed by atoms with Gasteiger partial charge in [-0.25, -0.2) is 0 Å².